The Hall–Kier alpha value is -1.56. The van der Waals surface area contributed by atoms with Crippen molar-refractivity contribution in [2.45, 2.75) is 9.77 Å². The molecule has 1 aliphatic rings. The molecule has 6 heteroatoms. The zero-order valence-electron chi connectivity index (χ0n) is 8.24. The van der Waals surface area contributed by atoms with Crippen LogP contribution < -0.4 is 10.1 Å². The van der Waals surface area contributed by atoms with Crippen LogP contribution in [0.3, 0.4) is 0 Å². The Labute approximate surface area is 102 Å². The van der Waals surface area contributed by atoms with Crippen LogP contribution in [0.2, 0.25) is 5.02 Å². The predicted octanol–water partition coefficient (Wildman–Crippen LogP) is 2.61. The Kier molecular flexibility index (Phi) is 2.59. The minimum Gasteiger partial charge on any atom is -0.494 e. The topological polar surface area (TPSA) is 68.8 Å². The lowest BCUT2D eigenvalue weighted by atomic mass is 10.2. The Balaban J connectivity index is 2.54. The van der Waals surface area contributed by atoms with Crippen molar-refractivity contribution in [1.82, 2.24) is 0 Å². The highest BCUT2D eigenvalue weighted by atomic mass is 35.5. The summed E-state index contributed by atoms with van der Waals surface area (Å²) >= 11 is 7.03. The third kappa shape index (κ3) is 1.55. The summed E-state index contributed by atoms with van der Waals surface area (Å²) in [5, 5.41) is 21.3. The van der Waals surface area contributed by atoms with E-state index in [1.807, 2.05) is 12.1 Å². The lowest BCUT2D eigenvalue weighted by molar-refractivity contribution is 0.415. The Bertz CT molecular complexity index is 518. The average molecular weight is 252 g/mol. The minimum atomic E-state index is -1.29. The number of benzene rings is 1. The standard InChI is InChI=1S/C10H6ClN3OS/c1-15-7-2-6(11)3-8-9(7)14-10(4-12,5-13)16-8/h2-3,14H,1H3. The maximum absolute atomic E-state index is 8.99. The molecule has 0 radical (unpaired) electrons. The fourth-order valence-corrected chi connectivity index (χ4v) is 2.70. The molecule has 0 saturated heterocycles. The van der Waals surface area contributed by atoms with E-state index in [0.717, 1.165) is 16.7 Å². The molecule has 0 unspecified atom stereocenters. The van der Waals surface area contributed by atoms with Crippen LogP contribution in [-0.2, 0) is 0 Å². The van der Waals surface area contributed by atoms with E-state index < -0.39 is 4.87 Å². The van der Waals surface area contributed by atoms with Gasteiger partial charge in [-0.2, -0.15) is 10.5 Å². The fraction of sp³-hybridized carbons (Fsp3) is 0.200. The van der Waals surface area contributed by atoms with Crippen LogP contribution in [-0.4, -0.2) is 12.0 Å². The summed E-state index contributed by atoms with van der Waals surface area (Å²) in [7, 11) is 1.51. The summed E-state index contributed by atoms with van der Waals surface area (Å²) in [6.45, 7) is 0. The second-order valence-corrected chi connectivity index (χ2v) is 4.81. The first kappa shape index (κ1) is 10.9. The molecule has 1 aromatic rings. The third-order valence-electron chi connectivity index (χ3n) is 2.13. The van der Waals surface area contributed by atoms with Gasteiger partial charge in [0.2, 0.25) is 0 Å². The third-order valence-corrected chi connectivity index (χ3v) is 3.48. The van der Waals surface area contributed by atoms with Gasteiger partial charge in [0.1, 0.15) is 17.9 Å². The average Bonchev–Trinajstić information content (AvgIpc) is 2.67. The normalized spacial score (nSPS) is 15.5. The van der Waals surface area contributed by atoms with E-state index in [1.165, 1.54) is 7.11 Å². The summed E-state index contributed by atoms with van der Waals surface area (Å²) < 4.78 is 5.14. The largest absolute Gasteiger partial charge is 0.494 e. The number of hydrogen-bond acceptors (Lipinski definition) is 5. The molecule has 1 heterocycles. The maximum atomic E-state index is 8.99. The van der Waals surface area contributed by atoms with Crippen molar-refractivity contribution in [3.05, 3.63) is 17.2 Å². The molecule has 1 aromatic carbocycles. The highest BCUT2D eigenvalue weighted by molar-refractivity contribution is 8.01. The van der Waals surface area contributed by atoms with Crippen LogP contribution in [0.25, 0.3) is 0 Å². The van der Waals surface area contributed by atoms with E-state index in [-0.39, 0.29) is 0 Å². The number of halogens is 1. The number of ether oxygens (including phenoxy) is 1. The van der Waals surface area contributed by atoms with Gasteiger partial charge >= 0.3 is 0 Å². The zero-order valence-corrected chi connectivity index (χ0v) is 9.82. The molecule has 4 nitrogen and oxygen atoms in total. The molecule has 80 valence electrons. The summed E-state index contributed by atoms with van der Waals surface area (Å²) in [4.78, 5) is -0.548. The quantitative estimate of drug-likeness (QED) is 0.831. The van der Waals surface area contributed by atoms with E-state index >= 15 is 0 Å². The Morgan fingerprint density at radius 3 is 2.69 bits per heavy atom. The van der Waals surface area contributed by atoms with E-state index in [1.54, 1.807) is 12.1 Å². The van der Waals surface area contributed by atoms with Gasteiger partial charge in [-0.3, -0.25) is 0 Å². The lowest BCUT2D eigenvalue weighted by Crippen LogP contribution is -2.26. The minimum absolute atomic E-state index is 0.511. The summed E-state index contributed by atoms with van der Waals surface area (Å²) in [5.74, 6) is 0.530. The van der Waals surface area contributed by atoms with Crippen LogP contribution >= 0.6 is 23.4 Å². The number of hydrogen-bond donors (Lipinski definition) is 1. The predicted molar refractivity (Wildman–Crippen MR) is 61.4 cm³/mol. The zero-order chi connectivity index (χ0) is 11.8. The van der Waals surface area contributed by atoms with Crippen LogP contribution in [0.15, 0.2) is 17.0 Å². The van der Waals surface area contributed by atoms with Gasteiger partial charge in [-0.1, -0.05) is 23.4 Å². The summed E-state index contributed by atoms with van der Waals surface area (Å²) in [6, 6.07) is 7.21. The van der Waals surface area contributed by atoms with Crippen molar-refractivity contribution >= 4 is 29.1 Å². The molecule has 0 saturated carbocycles. The van der Waals surface area contributed by atoms with Gasteiger partial charge in [-0.05, 0) is 6.07 Å². The van der Waals surface area contributed by atoms with Crippen molar-refractivity contribution in [3.63, 3.8) is 0 Å². The van der Waals surface area contributed by atoms with Gasteiger partial charge in [-0.15, -0.1) is 0 Å². The second-order valence-electron chi connectivity index (χ2n) is 3.11. The molecule has 1 N–H and O–H groups in total. The molecule has 0 aromatic heterocycles. The van der Waals surface area contributed by atoms with Gasteiger partial charge in [0, 0.05) is 16.0 Å². The molecular weight excluding hydrogens is 246 g/mol. The molecule has 0 aliphatic carbocycles. The number of nitrogens with zero attached hydrogens (tertiary/aromatic N) is 2. The first-order valence-corrected chi connectivity index (χ1v) is 5.51. The van der Waals surface area contributed by atoms with Gasteiger partial charge in [0.15, 0.2) is 0 Å². The number of thioether (sulfide) groups is 1. The number of methoxy groups -OCH3 is 1. The molecule has 0 atom stereocenters. The number of nitriles is 2. The summed E-state index contributed by atoms with van der Waals surface area (Å²) in [5.41, 5.74) is 0.639. The van der Waals surface area contributed by atoms with Gasteiger partial charge < -0.3 is 10.1 Å². The van der Waals surface area contributed by atoms with Crippen LogP contribution in [0, 0.1) is 22.7 Å². The lowest BCUT2D eigenvalue weighted by Gasteiger charge is -2.11. The van der Waals surface area contributed by atoms with E-state index in [9.17, 15) is 0 Å². The number of fused-ring (bicyclic) bond motifs is 1. The summed E-state index contributed by atoms with van der Waals surface area (Å²) in [6.07, 6.45) is 0. The second kappa shape index (κ2) is 3.79. The van der Waals surface area contributed by atoms with Crippen molar-refractivity contribution < 1.29 is 4.74 Å². The van der Waals surface area contributed by atoms with Gasteiger partial charge in [-0.25, -0.2) is 0 Å². The van der Waals surface area contributed by atoms with Gasteiger partial charge in [0.25, 0.3) is 4.87 Å². The van der Waals surface area contributed by atoms with E-state index in [4.69, 9.17) is 26.9 Å². The van der Waals surface area contributed by atoms with Crippen LogP contribution in [0.1, 0.15) is 0 Å². The van der Waals surface area contributed by atoms with Crippen LogP contribution in [0.5, 0.6) is 5.75 Å². The number of nitrogens with one attached hydrogen (secondary N) is 1. The maximum Gasteiger partial charge on any atom is 0.264 e. The van der Waals surface area contributed by atoms with Gasteiger partial charge in [0.05, 0.1) is 12.8 Å². The smallest absolute Gasteiger partial charge is 0.264 e. The Morgan fingerprint density at radius 2 is 2.12 bits per heavy atom. The molecule has 2 rings (SSSR count). The molecular formula is C10H6ClN3OS. The Morgan fingerprint density at radius 1 is 1.44 bits per heavy atom. The van der Waals surface area contributed by atoms with E-state index in [2.05, 4.69) is 5.32 Å². The number of rotatable bonds is 1. The van der Waals surface area contributed by atoms with Crippen molar-refractivity contribution in [1.29, 1.82) is 10.5 Å². The van der Waals surface area contributed by atoms with E-state index in [0.29, 0.717) is 16.5 Å². The van der Waals surface area contributed by atoms with Crippen LogP contribution in [0.4, 0.5) is 5.69 Å². The fourth-order valence-electron chi connectivity index (χ4n) is 1.42. The highest BCUT2D eigenvalue weighted by Crippen LogP contribution is 2.50. The monoisotopic (exact) mass is 251 g/mol. The SMILES string of the molecule is COc1cc(Cl)cc2c1NC(C#N)(C#N)S2. The van der Waals surface area contributed by atoms with Crippen molar-refractivity contribution in [2.75, 3.05) is 12.4 Å². The highest BCUT2D eigenvalue weighted by Gasteiger charge is 2.40. The number of anilines is 1. The molecule has 1 aliphatic heterocycles. The van der Waals surface area contributed by atoms with Crippen molar-refractivity contribution in [2.24, 2.45) is 0 Å². The molecule has 0 bridgehead atoms. The molecule has 0 spiro atoms. The first-order chi connectivity index (χ1) is 7.64. The molecule has 0 fully saturated rings. The first-order valence-electron chi connectivity index (χ1n) is 4.31. The molecule has 0 amide bonds. The van der Waals surface area contributed by atoms with Crippen molar-refractivity contribution in [3.8, 4) is 17.9 Å². The molecule has 16 heavy (non-hydrogen) atoms.